The fourth-order valence-electron chi connectivity index (χ4n) is 2.43. The predicted octanol–water partition coefficient (Wildman–Crippen LogP) is 1.92. The van der Waals surface area contributed by atoms with E-state index in [1.54, 1.807) is 13.0 Å². The Kier molecular flexibility index (Phi) is 4.20. The van der Waals surface area contributed by atoms with Crippen LogP contribution < -0.4 is 5.32 Å². The molecule has 2 rings (SSSR count). The fourth-order valence-corrected chi connectivity index (χ4v) is 2.43. The first kappa shape index (κ1) is 12.9. The number of rotatable bonds is 4. The van der Waals surface area contributed by atoms with Gasteiger partial charge in [0.1, 0.15) is 5.75 Å². The molecule has 1 unspecified atom stereocenters. The molecule has 0 aliphatic heterocycles. The summed E-state index contributed by atoms with van der Waals surface area (Å²) >= 11 is 0. The number of aromatic hydroxyl groups is 1. The number of carbonyl (C=O) groups is 1. The molecule has 1 aromatic rings. The monoisotopic (exact) mass is 249 g/mol. The van der Waals surface area contributed by atoms with Gasteiger partial charge in [0.25, 0.3) is 0 Å². The maximum Gasteiger partial charge on any atom is 0.319 e. The van der Waals surface area contributed by atoms with Gasteiger partial charge < -0.3 is 15.2 Å². The molecule has 0 aromatic heterocycles. The van der Waals surface area contributed by atoms with Crippen molar-refractivity contribution < 1.29 is 14.6 Å². The highest BCUT2D eigenvalue weighted by Gasteiger charge is 2.20. The Balaban J connectivity index is 2.01. The quantitative estimate of drug-likeness (QED) is 0.800. The lowest BCUT2D eigenvalue weighted by atomic mass is 9.87. The van der Waals surface area contributed by atoms with Gasteiger partial charge in [-0.3, -0.25) is 4.79 Å². The van der Waals surface area contributed by atoms with Crippen LogP contribution in [0.5, 0.6) is 5.75 Å². The van der Waals surface area contributed by atoms with Crippen LogP contribution in [0, 0.1) is 0 Å². The molecule has 0 heterocycles. The van der Waals surface area contributed by atoms with E-state index in [9.17, 15) is 9.90 Å². The summed E-state index contributed by atoms with van der Waals surface area (Å²) in [6.45, 7) is 2.45. The van der Waals surface area contributed by atoms with Crippen molar-refractivity contribution in [2.24, 2.45) is 0 Å². The van der Waals surface area contributed by atoms with Crippen molar-refractivity contribution in [2.75, 3.05) is 13.2 Å². The zero-order chi connectivity index (χ0) is 13.0. The number of benzene rings is 1. The molecule has 18 heavy (non-hydrogen) atoms. The second-order valence-electron chi connectivity index (χ2n) is 4.51. The first-order chi connectivity index (χ1) is 8.70. The van der Waals surface area contributed by atoms with Crippen LogP contribution in [0.1, 0.15) is 36.9 Å². The van der Waals surface area contributed by atoms with Crippen molar-refractivity contribution in [1.29, 1.82) is 0 Å². The lowest BCUT2D eigenvalue weighted by Gasteiger charge is -2.26. The van der Waals surface area contributed by atoms with Gasteiger partial charge in [-0.1, -0.05) is 6.07 Å². The summed E-state index contributed by atoms with van der Waals surface area (Å²) in [5.74, 6) is 0.0863. The van der Waals surface area contributed by atoms with Crippen LogP contribution in [-0.4, -0.2) is 24.2 Å². The Morgan fingerprint density at radius 3 is 3.17 bits per heavy atom. The molecule has 1 aromatic carbocycles. The van der Waals surface area contributed by atoms with E-state index < -0.39 is 0 Å². The fraction of sp³-hybridized carbons (Fsp3) is 0.500. The molecule has 4 heteroatoms. The molecular formula is C14H19NO3. The molecule has 1 aliphatic rings. The van der Waals surface area contributed by atoms with E-state index in [2.05, 4.69) is 5.32 Å². The van der Waals surface area contributed by atoms with Crippen LogP contribution in [0.25, 0.3) is 0 Å². The smallest absolute Gasteiger partial charge is 0.319 e. The Hall–Kier alpha value is -1.55. The van der Waals surface area contributed by atoms with Crippen molar-refractivity contribution in [2.45, 2.75) is 32.2 Å². The molecular weight excluding hydrogens is 230 g/mol. The highest BCUT2D eigenvalue weighted by molar-refractivity contribution is 5.71. The Morgan fingerprint density at radius 1 is 1.56 bits per heavy atom. The molecule has 0 radical (unpaired) electrons. The molecule has 0 amide bonds. The molecule has 98 valence electrons. The number of esters is 1. The minimum atomic E-state index is -0.219. The standard InChI is InChI=1S/C14H19NO3/c1-2-18-14(17)9-15-13-5-3-4-10-8-11(16)6-7-12(10)13/h6-8,13,15-16H,2-5,9H2,1H3. The normalized spacial score (nSPS) is 18.2. The van der Waals surface area contributed by atoms with Crippen molar-refractivity contribution in [1.82, 2.24) is 5.32 Å². The van der Waals surface area contributed by atoms with E-state index in [-0.39, 0.29) is 18.6 Å². The second kappa shape index (κ2) is 5.87. The predicted molar refractivity (Wildman–Crippen MR) is 68.4 cm³/mol. The van der Waals surface area contributed by atoms with E-state index >= 15 is 0 Å². The van der Waals surface area contributed by atoms with E-state index in [0.29, 0.717) is 12.4 Å². The van der Waals surface area contributed by atoms with Crippen molar-refractivity contribution in [3.05, 3.63) is 29.3 Å². The first-order valence-electron chi connectivity index (χ1n) is 6.41. The number of ether oxygens (including phenoxy) is 1. The summed E-state index contributed by atoms with van der Waals surface area (Å²) < 4.78 is 4.90. The third-order valence-electron chi connectivity index (χ3n) is 3.24. The van der Waals surface area contributed by atoms with Gasteiger partial charge in [-0.05, 0) is 49.4 Å². The molecule has 0 fully saturated rings. The van der Waals surface area contributed by atoms with E-state index in [1.807, 2.05) is 12.1 Å². The third-order valence-corrected chi connectivity index (χ3v) is 3.24. The molecule has 2 N–H and O–H groups in total. The zero-order valence-electron chi connectivity index (χ0n) is 10.6. The van der Waals surface area contributed by atoms with Crippen LogP contribution in [0.2, 0.25) is 0 Å². The third kappa shape index (κ3) is 3.01. The van der Waals surface area contributed by atoms with Gasteiger partial charge in [-0.25, -0.2) is 0 Å². The molecule has 4 nitrogen and oxygen atoms in total. The summed E-state index contributed by atoms with van der Waals surface area (Å²) in [6.07, 6.45) is 3.06. The molecule has 0 saturated carbocycles. The van der Waals surface area contributed by atoms with Crippen LogP contribution in [0.15, 0.2) is 18.2 Å². The van der Waals surface area contributed by atoms with Crippen LogP contribution in [0.4, 0.5) is 0 Å². The highest BCUT2D eigenvalue weighted by atomic mass is 16.5. The molecule has 0 bridgehead atoms. The summed E-state index contributed by atoms with van der Waals surface area (Å²) in [4.78, 5) is 11.3. The molecule has 0 spiro atoms. The van der Waals surface area contributed by atoms with Gasteiger partial charge >= 0.3 is 5.97 Å². The van der Waals surface area contributed by atoms with Gasteiger partial charge in [0.05, 0.1) is 13.2 Å². The minimum absolute atomic E-state index is 0.179. The van der Waals surface area contributed by atoms with Gasteiger partial charge in [0.2, 0.25) is 0 Å². The van der Waals surface area contributed by atoms with Gasteiger partial charge in [-0.2, -0.15) is 0 Å². The SMILES string of the molecule is CCOC(=O)CNC1CCCc2cc(O)ccc21. The Morgan fingerprint density at radius 2 is 2.39 bits per heavy atom. The topological polar surface area (TPSA) is 58.6 Å². The summed E-state index contributed by atoms with van der Waals surface area (Å²) in [5, 5.41) is 12.7. The van der Waals surface area contributed by atoms with Gasteiger partial charge in [0.15, 0.2) is 0 Å². The van der Waals surface area contributed by atoms with Crippen LogP contribution in [-0.2, 0) is 16.0 Å². The summed E-state index contributed by atoms with van der Waals surface area (Å²) in [5.41, 5.74) is 2.35. The summed E-state index contributed by atoms with van der Waals surface area (Å²) in [6, 6.07) is 5.63. The second-order valence-corrected chi connectivity index (χ2v) is 4.51. The maximum absolute atomic E-state index is 11.3. The Labute approximate surface area is 107 Å². The lowest BCUT2D eigenvalue weighted by Crippen LogP contribution is -2.31. The highest BCUT2D eigenvalue weighted by Crippen LogP contribution is 2.31. The van der Waals surface area contributed by atoms with Crippen molar-refractivity contribution in [3.63, 3.8) is 0 Å². The number of hydrogen-bond acceptors (Lipinski definition) is 4. The largest absolute Gasteiger partial charge is 0.508 e. The number of fused-ring (bicyclic) bond motifs is 1. The number of aryl methyl sites for hydroxylation is 1. The molecule has 1 aliphatic carbocycles. The zero-order valence-corrected chi connectivity index (χ0v) is 10.6. The number of phenolic OH excluding ortho intramolecular Hbond substituents is 1. The van der Waals surface area contributed by atoms with E-state index in [4.69, 9.17) is 4.74 Å². The van der Waals surface area contributed by atoms with Gasteiger partial charge in [-0.15, -0.1) is 0 Å². The number of nitrogens with one attached hydrogen (secondary N) is 1. The average Bonchev–Trinajstić information content (AvgIpc) is 2.36. The number of carbonyl (C=O) groups excluding carboxylic acids is 1. The van der Waals surface area contributed by atoms with Crippen molar-refractivity contribution >= 4 is 5.97 Å². The lowest BCUT2D eigenvalue weighted by molar-refractivity contribution is -0.142. The molecule has 0 saturated heterocycles. The molecule has 1 atom stereocenters. The number of hydrogen-bond donors (Lipinski definition) is 2. The van der Waals surface area contributed by atoms with Gasteiger partial charge in [0, 0.05) is 6.04 Å². The van der Waals surface area contributed by atoms with Crippen LogP contribution in [0.3, 0.4) is 0 Å². The van der Waals surface area contributed by atoms with E-state index in [0.717, 1.165) is 19.3 Å². The average molecular weight is 249 g/mol. The maximum atomic E-state index is 11.3. The Bertz CT molecular complexity index is 431. The van der Waals surface area contributed by atoms with E-state index in [1.165, 1.54) is 11.1 Å². The minimum Gasteiger partial charge on any atom is -0.508 e. The number of phenols is 1. The van der Waals surface area contributed by atoms with Crippen LogP contribution >= 0.6 is 0 Å². The van der Waals surface area contributed by atoms with Crippen molar-refractivity contribution in [3.8, 4) is 5.75 Å². The first-order valence-corrected chi connectivity index (χ1v) is 6.41. The summed E-state index contributed by atoms with van der Waals surface area (Å²) in [7, 11) is 0.